The monoisotopic (exact) mass is 742 g/mol. The number of carbonyl (C=O) groups is 4. The number of hydrogen-bond donors (Lipinski definition) is 3. The van der Waals surface area contributed by atoms with E-state index in [-0.39, 0.29) is 29.4 Å². The number of alkyl carbamates (subject to hydrolysis) is 1. The van der Waals surface area contributed by atoms with E-state index in [4.69, 9.17) is 30.5 Å². The van der Waals surface area contributed by atoms with Crippen LogP contribution in [0.1, 0.15) is 56.5 Å². The molecule has 0 radical (unpaired) electrons. The van der Waals surface area contributed by atoms with Crippen LogP contribution in [0, 0.1) is 5.92 Å². The molecule has 5 rings (SSSR count). The summed E-state index contributed by atoms with van der Waals surface area (Å²) in [6, 6.07) is 10.4. The Morgan fingerprint density at radius 2 is 1.90 bits per heavy atom. The van der Waals surface area contributed by atoms with E-state index in [0.29, 0.717) is 23.4 Å². The number of amides is 2. The van der Waals surface area contributed by atoms with Crippen LogP contribution in [0.4, 0.5) is 10.5 Å². The normalized spacial score (nSPS) is 31.3. The molecule has 274 valence electrons. The van der Waals surface area contributed by atoms with E-state index in [9.17, 15) is 29.4 Å². The highest BCUT2D eigenvalue weighted by molar-refractivity contribution is 8.00. The van der Waals surface area contributed by atoms with E-state index in [1.807, 2.05) is 6.92 Å². The number of esters is 1. The van der Waals surface area contributed by atoms with Gasteiger partial charge in [-0.2, -0.15) is 0 Å². The predicted octanol–water partition coefficient (Wildman–Crippen LogP) is 5.01. The van der Waals surface area contributed by atoms with Crippen LogP contribution in [0.2, 0.25) is 5.02 Å². The van der Waals surface area contributed by atoms with Crippen LogP contribution < -0.4 is 15.0 Å². The van der Waals surface area contributed by atoms with Crippen LogP contribution in [-0.4, -0.2) is 89.6 Å². The molecule has 3 aliphatic heterocycles. The third-order valence-corrected chi connectivity index (χ3v) is 11.0. The molecule has 2 fully saturated rings. The molecule has 4 bridgehead atoms. The van der Waals surface area contributed by atoms with Crippen LogP contribution in [-0.2, 0) is 30.2 Å². The number of hydrogen-bond acceptors (Lipinski definition) is 11. The summed E-state index contributed by atoms with van der Waals surface area (Å²) in [5, 5.41) is 24.9. The summed E-state index contributed by atoms with van der Waals surface area (Å²) in [7, 11) is 3.05. The van der Waals surface area contributed by atoms with Gasteiger partial charge in [0.2, 0.25) is 5.91 Å². The van der Waals surface area contributed by atoms with Crippen molar-refractivity contribution >= 4 is 52.8 Å². The Balaban J connectivity index is 1.47. The maximum absolute atomic E-state index is 14.0. The first kappa shape index (κ1) is 38.4. The molecule has 2 amide bonds. The molecule has 0 spiro atoms. The first-order chi connectivity index (χ1) is 24.0. The van der Waals surface area contributed by atoms with Gasteiger partial charge in [0, 0.05) is 29.8 Å². The van der Waals surface area contributed by atoms with Gasteiger partial charge in [-0.15, -0.1) is 11.8 Å². The lowest BCUT2D eigenvalue weighted by atomic mass is 9.83. The van der Waals surface area contributed by atoms with Crippen molar-refractivity contribution in [2.75, 3.05) is 24.8 Å². The lowest BCUT2D eigenvalue weighted by molar-refractivity contribution is -0.150. The number of methoxy groups -OCH3 is 1. The SMILES string of the molecule is COc1cc2cc(c1Cl)N(C)C(=O)C[C@H](OC(=O)CSc1ccc(C(C)=O)cc1)C1(C)OC1C(C)[C@@H]1C[C@@](O)(NC(=O)O1)[C@H](O)/C=C/C=C(\C)C2. The summed E-state index contributed by atoms with van der Waals surface area (Å²) >= 11 is 7.93. The Hall–Kier alpha value is -3.88. The van der Waals surface area contributed by atoms with Gasteiger partial charge >= 0.3 is 12.1 Å². The minimum atomic E-state index is -2.04. The van der Waals surface area contributed by atoms with Crippen LogP contribution in [0.5, 0.6) is 5.75 Å². The van der Waals surface area contributed by atoms with Crippen LogP contribution in [0.3, 0.4) is 0 Å². The average molecular weight is 743 g/mol. The third-order valence-electron chi connectivity index (χ3n) is 9.61. The molecular weight excluding hydrogens is 700 g/mol. The molecule has 3 N–H and O–H groups in total. The van der Waals surface area contributed by atoms with Gasteiger partial charge in [0.15, 0.2) is 11.5 Å². The molecule has 7 atom stereocenters. The molecule has 51 heavy (non-hydrogen) atoms. The Morgan fingerprint density at radius 3 is 2.57 bits per heavy atom. The summed E-state index contributed by atoms with van der Waals surface area (Å²) in [5.74, 6) is -1.35. The molecule has 2 aromatic carbocycles. The zero-order valence-corrected chi connectivity index (χ0v) is 30.9. The lowest BCUT2D eigenvalue weighted by Crippen LogP contribution is -2.63. The maximum Gasteiger partial charge on any atom is 0.409 e. The Bertz CT molecular complexity index is 1750. The number of thioether (sulfide) groups is 1. The Labute approximate surface area is 306 Å². The van der Waals surface area contributed by atoms with Gasteiger partial charge in [0.25, 0.3) is 0 Å². The van der Waals surface area contributed by atoms with Gasteiger partial charge < -0.3 is 34.1 Å². The van der Waals surface area contributed by atoms with E-state index in [0.717, 1.165) is 16.0 Å². The number of carbonyl (C=O) groups excluding carboxylic acids is 4. The number of nitrogens with one attached hydrogen (secondary N) is 1. The fourth-order valence-corrected chi connectivity index (χ4v) is 7.46. The van der Waals surface area contributed by atoms with E-state index >= 15 is 0 Å². The molecule has 0 saturated carbocycles. The van der Waals surface area contributed by atoms with Crippen molar-refractivity contribution < 1.29 is 48.3 Å². The first-order valence-electron chi connectivity index (χ1n) is 16.5. The van der Waals surface area contributed by atoms with Crippen LogP contribution >= 0.6 is 23.4 Å². The summed E-state index contributed by atoms with van der Waals surface area (Å²) < 4.78 is 23.3. The molecule has 3 aliphatic rings. The average Bonchev–Trinajstić information content (AvgIpc) is 3.78. The topological polar surface area (TPSA) is 164 Å². The summed E-state index contributed by atoms with van der Waals surface area (Å²) in [6.45, 7) is 6.83. The maximum atomic E-state index is 14.0. The number of nitrogens with zero attached hydrogens (tertiary/aromatic N) is 1. The largest absolute Gasteiger partial charge is 0.495 e. The van der Waals surface area contributed by atoms with E-state index < -0.39 is 59.6 Å². The molecule has 0 aromatic heterocycles. The Morgan fingerprint density at radius 1 is 1.20 bits per heavy atom. The summed E-state index contributed by atoms with van der Waals surface area (Å²) in [5.41, 5.74) is -0.616. The fourth-order valence-electron chi connectivity index (χ4n) is 6.46. The van der Waals surface area contributed by atoms with E-state index in [2.05, 4.69) is 5.32 Å². The number of anilines is 1. The number of halogens is 1. The van der Waals surface area contributed by atoms with Gasteiger partial charge in [-0.1, -0.05) is 54.5 Å². The van der Waals surface area contributed by atoms with Crippen molar-refractivity contribution in [3.63, 3.8) is 0 Å². The molecule has 2 saturated heterocycles. The number of fused-ring (bicyclic) bond motifs is 5. The molecular formula is C37H43ClN2O10S. The lowest BCUT2D eigenvalue weighted by Gasteiger charge is -2.41. The molecule has 2 aromatic rings. The molecule has 3 unspecified atom stereocenters. The second-order valence-corrected chi connectivity index (χ2v) is 14.9. The van der Waals surface area contributed by atoms with Crippen molar-refractivity contribution in [1.29, 1.82) is 0 Å². The molecule has 0 aliphatic carbocycles. The number of aliphatic hydroxyl groups is 2. The van der Waals surface area contributed by atoms with E-state index in [1.165, 1.54) is 36.8 Å². The van der Waals surface area contributed by atoms with Crippen molar-refractivity contribution in [2.45, 2.75) is 87.6 Å². The highest BCUT2D eigenvalue weighted by atomic mass is 35.5. The number of ether oxygens (including phenoxy) is 4. The predicted molar refractivity (Wildman–Crippen MR) is 191 cm³/mol. The first-order valence-corrected chi connectivity index (χ1v) is 17.9. The number of epoxide rings is 1. The highest BCUT2D eigenvalue weighted by Gasteiger charge is 2.64. The van der Waals surface area contributed by atoms with Crippen molar-refractivity contribution in [3.8, 4) is 5.75 Å². The van der Waals surface area contributed by atoms with Crippen LogP contribution in [0.15, 0.2) is 65.1 Å². The second-order valence-electron chi connectivity index (χ2n) is 13.4. The summed E-state index contributed by atoms with van der Waals surface area (Å²) in [6.07, 6.45) is -0.290. The minimum absolute atomic E-state index is 0.0704. The quantitative estimate of drug-likeness (QED) is 0.158. The van der Waals surface area contributed by atoms with Gasteiger partial charge in [-0.05, 0) is 57.0 Å². The van der Waals surface area contributed by atoms with Crippen molar-refractivity contribution in [3.05, 3.63) is 76.3 Å². The third kappa shape index (κ3) is 8.61. The van der Waals surface area contributed by atoms with Crippen molar-refractivity contribution in [1.82, 2.24) is 5.32 Å². The summed E-state index contributed by atoms with van der Waals surface area (Å²) in [4.78, 5) is 53.8. The fraction of sp³-hybridized carbons (Fsp3) is 0.459. The molecule has 14 heteroatoms. The zero-order valence-electron chi connectivity index (χ0n) is 29.3. The number of rotatable bonds is 6. The number of benzene rings is 2. The second kappa shape index (κ2) is 15.4. The number of Topliss-reactive ketones (excluding diaryl/α,β-unsaturated/α-hetero) is 1. The standard InChI is InChI=1S/C37H43ClN2O10S/c1-20-8-7-9-29(42)37(46)18-28(48-35(45)39-37)21(2)34-36(4,50-34)30(49-32(44)19-51-25-12-10-24(11-13-25)22(3)41)17-31(43)40(5)26-15-23(14-20)16-27(47-6)33(26)38/h7-13,15-16,21,28-30,34,42,46H,14,17-19H2,1-6H3,(H,39,45)/b9-7+,20-8+/t21?,28-,29+,30-,34?,36?,37-/m0/s1. The van der Waals surface area contributed by atoms with Crippen LogP contribution in [0.25, 0.3) is 0 Å². The molecule has 12 nitrogen and oxygen atoms in total. The van der Waals surface area contributed by atoms with Gasteiger partial charge in [-0.3, -0.25) is 19.7 Å². The van der Waals surface area contributed by atoms with E-state index in [1.54, 1.807) is 69.4 Å². The zero-order chi connectivity index (χ0) is 37.2. The van der Waals surface area contributed by atoms with Crippen molar-refractivity contribution in [2.24, 2.45) is 5.92 Å². The highest BCUT2D eigenvalue weighted by Crippen LogP contribution is 2.49. The van der Waals surface area contributed by atoms with Gasteiger partial charge in [-0.25, -0.2) is 4.79 Å². The molecule has 3 heterocycles. The Kier molecular flexibility index (Phi) is 11.6. The number of aliphatic hydroxyl groups excluding tert-OH is 1. The number of allylic oxidation sites excluding steroid dienone is 3. The smallest absolute Gasteiger partial charge is 0.409 e. The number of ketones is 1. The minimum Gasteiger partial charge on any atom is -0.495 e. The van der Waals surface area contributed by atoms with Gasteiger partial charge in [0.05, 0.1) is 31.1 Å². The van der Waals surface area contributed by atoms with Gasteiger partial charge in [0.1, 0.15) is 34.7 Å².